The van der Waals surface area contributed by atoms with Crippen molar-refractivity contribution < 1.29 is 15.1 Å². The van der Waals surface area contributed by atoms with Gasteiger partial charge in [-0.2, -0.15) is 5.48 Å². The number of nitrogens with one attached hydrogen (secondary N) is 1. The van der Waals surface area contributed by atoms with Gasteiger partial charge in [-0.1, -0.05) is 20.3 Å². The van der Waals surface area contributed by atoms with E-state index in [1.165, 1.54) is 0 Å². The van der Waals surface area contributed by atoms with Crippen LogP contribution in [0.5, 0.6) is 0 Å². The summed E-state index contributed by atoms with van der Waals surface area (Å²) in [6, 6.07) is -0.843. The molecule has 0 saturated heterocycles. The van der Waals surface area contributed by atoms with E-state index in [9.17, 15) is 4.79 Å². The van der Waals surface area contributed by atoms with Crippen molar-refractivity contribution in [1.29, 1.82) is 0 Å². The standard InChI is InChI=1S/C6H13NO3/c1-3-4(2)5(7-10)6(8)9/h4-5,7,10H,3H2,1-2H3,(H,8,9)/t4?,5-/m0/s1. The molecule has 0 saturated carbocycles. The third-order valence-corrected chi connectivity index (χ3v) is 1.62. The first kappa shape index (κ1) is 9.39. The minimum absolute atomic E-state index is 0.0532. The average Bonchev–Trinajstić information content (AvgIpc) is 1.88. The third-order valence-electron chi connectivity index (χ3n) is 1.62. The zero-order chi connectivity index (χ0) is 8.15. The molecule has 0 fully saturated rings. The van der Waals surface area contributed by atoms with E-state index in [0.29, 0.717) is 0 Å². The molecule has 1 unspecified atom stereocenters. The van der Waals surface area contributed by atoms with Crippen molar-refractivity contribution in [3.63, 3.8) is 0 Å². The maximum atomic E-state index is 10.3. The predicted molar refractivity (Wildman–Crippen MR) is 35.8 cm³/mol. The minimum atomic E-state index is -1.02. The smallest absolute Gasteiger partial charge is 0.323 e. The zero-order valence-corrected chi connectivity index (χ0v) is 6.16. The Morgan fingerprint density at radius 3 is 2.30 bits per heavy atom. The van der Waals surface area contributed by atoms with Crippen molar-refractivity contribution in [3.05, 3.63) is 0 Å². The maximum absolute atomic E-state index is 10.3. The molecule has 0 aromatic heterocycles. The fraction of sp³-hybridized carbons (Fsp3) is 0.833. The van der Waals surface area contributed by atoms with Crippen LogP contribution in [-0.4, -0.2) is 22.3 Å². The number of carboxylic acid groups (broad SMARTS) is 1. The summed E-state index contributed by atoms with van der Waals surface area (Å²) >= 11 is 0. The van der Waals surface area contributed by atoms with Crippen LogP contribution < -0.4 is 5.48 Å². The van der Waals surface area contributed by atoms with E-state index in [0.717, 1.165) is 6.42 Å². The first-order valence-corrected chi connectivity index (χ1v) is 3.25. The largest absolute Gasteiger partial charge is 0.480 e. The summed E-state index contributed by atoms with van der Waals surface area (Å²) < 4.78 is 0. The highest BCUT2D eigenvalue weighted by Crippen LogP contribution is 2.06. The number of aliphatic carboxylic acids is 1. The molecule has 2 atom stereocenters. The number of hydroxylamine groups is 1. The number of rotatable bonds is 4. The van der Waals surface area contributed by atoms with Crippen molar-refractivity contribution in [3.8, 4) is 0 Å². The van der Waals surface area contributed by atoms with Crippen LogP contribution in [0.2, 0.25) is 0 Å². The topological polar surface area (TPSA) is 69.6 Å². The second kappa shape index (κ2) is 4.24. The minimum Gasteiger partial charge on any atom is -0.480 e. The SMILES string of the molecule is CCC(C)[C@H](NO)C(=O)O. The van der Waals surface area contributed by atoms with E-state index in [4.69, 9.17) is 10.3 Å². The first-order chi connectivity index (χ1) is 4.63. The number of hydrogen-bond acceptors (Lipinski definition) is 3. The Labute approximate surface area is 59.8 Å². The van der Waals surface area contributed by atoms with Gasteiger partial charge in [0.25, 0.3) is 0 Å². The van der Waals surface area contributed by atoms with Gasteiger partial charge in [-0.3, -0.25) is 4.79 Å². The molecule has 4 nitrogen and oxygen atoms in total. The van der Waals surface area contributed by atoms with E-state index >= 15 is 0 Å². The van der Waals surface area contributed by atoms with Crippen molar-refractivity contribution in [2.45, 2.75) is 26.3 Å². The lowest BCUT2D eigenvalue weighted by Gasteiger charge is -2.15. The Bertz CT molecular complexity index is 116. The molecular weight excluding hydrogens is 134 g/mol. The highest BCUT2D eigenvalue weighted by Gasteiger charge is 2.21. The van der Waals surface area contributed by atoms with Crippen LogP contribution in [0, 0.1) is 5.92 Å². The van der Waals surface area contributed by atoms with Gasteiger partial charge in [-0.25, -0.2) is 0 Å². The first-order valence-electron chi connectivity index (χ1n) is 3.25. The zero-order valence-electron chi connectivity index (χ0n) is 6.16. The molecule has 4 heteroatoms. The van der Waals surface area contributed by atoms with Crippen molar-refractivity contribution in [1.82, 2.24) is 5.48 Å². The fourth-order valence-electron chi connectivity index (χ4n) is 0.662. The monoisotopic (exact) mass is 147 g/mol. The lowest BCUT2D eigenvalue weighted by Crippen LogP contribution is -2.39. The molecule has 0 aliphatic rings. The molecule has 10 heavy (non-hydrogen) atoms. The van der Waals surface area contributed by atoms with Crippen molar-refractivity contribution in [2.75, 3.05) is 0 Å². The van der Waals surface area contributed by atoms with Gasteiger partial charge < -0.3 is 10.3 Å². The molecule has 0 spiro atoms. The second-order valence-corrected chi connectivity index (χ2v) is 2.33. The molecule has 0 aromatic rings. The Kier molecular flexibility index (Phi) is 3.99. The maximum Gasteiger partial charge on any atom is 0.323 e. The van der Waals surface area contributed by atoms with Crippen molar-refractivity contribution in [2.24, 2.45) is 5.92 Å². The summed E-state index contributed by atoms with van der Waals surface area (Å²) in [6.07, 6.45) is 0.727. The van der Waals surface area contributed by atoms with Crippen molar-refractivity contribution >= 4 is 5.97 Å². The van der Waals surface area contributed by atoms with Gasteiger partial charge >= 0.3 is 5.97 Å². The van der Waals surface area contributed by atoms with Gasteiger partial charge in [0.1, 0.15) is 6.04 Å². The van der Waals surface area contributed by atoms with Gasteiger partial charge in [0.05, 0.1) is 0 Å². The normalized spacial score (nSPS) is 16.3. The quantitative estimate of drug-likeness (QED) is 0.505. The molecule has 0 amide bonds. The molecule has 0 heterocycles. The summed E-state index contributed by atoms with van der Waals surface area (Å²) in [4.78, 5) is 10.3. The Hall–Kier alpha value is -0.610. The average molecular weight is 147 g/mol. The Morgan fingerprint density at radius 2 is 2.20 bits per heavy atom. The molecule has 0 aliphatic heterocycles. The van der Waals surface area contributed by atoms with Gasteiger partial charge in [0, 0.05) is 0 Å². The van der Waals surface area contributed by atoms with Crippen LogP contribution >= 0.6 is 0 Å². The van der Waals surface area contributed by atoms with E-state index in [2.05, 4.69) is 0 Å². The summed E-state index contributed by atoms with van der Waals surface area (Å²) in [5.41, 5.74) is 1.75. The number of carboxylic acids is 1. The summed E-state index contributed by atoms with van der Waals surface area (Å²) in [7, 11) is 0. The Morgan fingerprint density at radius 1 is 1.70 bits per heavy atom. The van der Waals surface area contributed by atoms with Crippen LogP contribution in [0.25, 0.3) is 0 Å². The van der Waals surface area contributed by atoms with Crippen LogP contribution in [0.3, 0.4) is 0 Å². The van der Waals surface area contributed by atoms with Crippen LogP contribution in [0.1, 0.15) is 20.3 Å². The molecule has 0 bridgehead atoms. The van der Waals surface area contributed by atoms with Crippen LogP contribution in [0.15, 0.2) is 0 Å². The van der Waals surface area contributed by atoms with E-state index in [1.807, 2.05) is 6.92 Å². The second-order valence-electron chi connectivity index (χ2n) is 2.33. The van der Waals surface area contributed by atoms with Crippen LogP contribution in [0.4, 0.5) is 0 Å². The summed E-state index contributed by atoms with van der Waals surface area (Å²) in [5, 5.41) is 16.8. The molecule has 3 N–H and O–H groups in total. The predicted octanol–water partition coefficient (Wildman–Crippen LogP) is 0.464. The highest BCUT2D eigenvalue weighted by molar-refractivity contribution is 5.73. The number of carbonyl (C=O) groups is 1. The fourth-order valence-corrected chi connectivity index (χ4v) is 0.662. The molecule has 0 aliphatic carbocycles. The van der Waals surface area contributed by atoms with Crippen LogP contribution in [-0.2, 0) is 4.79 Å². The molecule has 60 valence electrons. The van der Waals surface area contributed by atoms with Gasteiger partial charge in [0.15, 0.2) is 0 Å². The van der Waals surface area contributed by atoms with E-state index < -0.39 is 12.0 Å². The molecular formula is C6H13NO3. The lowest BCUT2D eigenvalue weighted by atomic mass is 10.0. The van der Waals surface area contributed by atoms with E-state index in [-0.39, 0.29) is 5.92 Å². The molecule has 0 aromatic carbocycles. The van der Waals surface area contributed by atoms with Gasteiger partial charge in [-0.15, -0.1) is 0 Å². The third kappa shape index (κ3) is 2.33. The Balaban J connectivity index is 3.92. The molecule has 0 rings (SSSR count). The molecule has 0 radical (unpaired) electrons. The van der Waals surface area contributed by atoms with Gasteiger partial charge in [-0.05, 0) is 5.92 Å². The summed E-state index contributed by atoms with van der Waals surface area (Å²) in [5.74, 6) is -1.07. The number of hydrogen-bond donors (Lipinski definition) is 3. The van der Waals surface area contributed by atoms with E-state index in [1.54, 1.807) is 12.4 Å². The highest BCUT2D eigenvalue weighted by atomic mass is 16.5. The summed E-state index contributed by atoms with van der Waals surface area (Å²) in [6.45, 7) is 3.64. The lowest BCUT2D eigenvalue weighted by molar-refractivity contribution is -0.144. The van der Waals surface area contributed by atoms with Gasteiger partial charge in [0.2, 0.25) is 0 Å².